The first-order valence-corrected chi connectivity index (χ1v) is 6.72. The second-order valence-corrected chi connectivity index (χ2v) is 4.52. The Balaban J connectivity index is 2.03. The van der Waals surface area contributed by atoms with Gasteiger partial charge in [0.05, 0.1) is 18.3 Å². The van der Waals surface area contributed by atoms with E-state index in [-0.39, 0.29) is 0 Å². The number of hydrogen-bond acceptors (Lipinski definition) is 6. The van der Waals surface area contributed by atoms with Crippen LogP contribution < -0.4 is 0 Å². The van der Waals surface area contributed by atoms with Crippen molar-refractivity contribution in [1.82, 2.24) is 20.0 Å². The van der Waals surface area contributed by atoms with E-state index in [1.165, 1.54) is 0 Å². The number of hydrogen-bond donors (Lipinski definition) is 0. The van der Waals surface area contributed by atoms with Crippen LogP contribution in [-0.2, 0) is 16.0 Å². The van der Waals surface area contributed by atoms with Crippen molar-refractivity contribution in [2.24, 2.45) is 0 Å². The van der Waals surface area contributed by atoms with Crippen LogP contribution in [0.4, 0.5) is 0 Å². The molecule has 0 unspecified atom stereocenters. The van der Waals surface area contributed by atoms with Gasteiger partial charge in [0.15, 0.2) is 0 Å². The Morgan fingerprint density at radius 3 is 2.72 bits per heavy atom. The quantitative estimate of drug-likeness (QED) is 0.717. The number of aromatic nitrogens is 4. The first-order chi connectivity index (χ1) is 8.83. The number of nitrogens with zero attached hydrogens (tertiary/aromatic N) is 4. The van der Waals surface area contributed by atoms with E-state index >= 15 is 0 Å². The van der Waals surface area contributed by atoms with E-state index in [0.29, 0.717) is 25.5 Å². The van der Waals surface area contributed by atoms with E-state index in [4.69, 9.17) is 9.47 Å². The molecule has 6 nitrogen and oxygen atoms in total. The number of ether oxygens (including phenoxy) is 2. The normalized spacial score (nSPS) is 11.3. The van der Waals surface area contributed by atoms with E-state index in [1.54, 1.807) is 21.5 Å². The molecule has 0 amide bonds. The van der Waals surface area contributed by atoms with Gasteiger partial charge in [0.1, 0.15) is 5.69 Å². The van der Waals surface area contributed by atoms with Gasteiger partial charge < -0.3 is 9.47 Å². The summed E-state index contributed by atoms with van der Waals surface area (Å²) in [6.07, 6.45) is 3.24. The summed E-state index contributed by atoms with van der Waals surface area (Å²) in [7, 11) is 0. The largest absolute Gasteiger partial charge is 0.347 e. The third kappa shape index (κ3) is 3.34. The van der Waals surface area contributed by atoms with Crippen LogP contribution in [0.2, 0.25) is 0 Å². The lowest BCUT2D eigenvalue weighted by Gasteiger charge is -2.13. The van der Waals surface area contributed by atoms with Gasteiger partial charge in [-0.05, 0) is 13.8 Å². The third-order valence-electron chi connectivity index (χ3n) is 2.24. The molecular formula is C11H16N4O2S. The van der Waals surface area contributed by atoms with Crippen molar-refractivity contribution >= 4 is 11.3 Å². The predicted octanol–water partition coefficient (Wildman–Crippen LogP) is 1.85. The fraction of sp³-hybridized carbons (Fsp3) is 0.545. The topological polar surface area (TPSA) is 62.1 Å². The van der Waals surface area contributed by atoms with Crippen molar-refractivity contribution in [2.45, 2.75) is 26.7 Å². The molecule has 0 saturated heterocycles. The molecule has 2 aromatic heterocycles. The predicted molar refractivity (Wildman–Crippen MR) is 67.2 cm³/mol. The summed E-state index contributed by atoms with van der Waals surface area (Å²) < 4.78 is 12.7. The molecule has 2 rings (SSSR count). The van der Waals surface area contributed by atoms with Gasteiger partial charge in [-0.25, -0.2) is 4.68 Å². The van der Waals surface area contributed by atoms with Crippen molar-refractivity contribution in [3.63, 3.8) is 0 Å². The van der Waals surface area contributed by atoms with Crippen LogP contribution in [-0.4, -0.2) is 33.2 Å². The van der Waals surface area contributed by atoms with Gasteiger partial charge in [-0.2, -0.15) is 0 Å². The molecule has 2 aromatic rings. The molecule has 2 heterocycles. The second kappa shape index (κ2) is 6.58. The molecule has 0 saturated carbocycles. The summed E-state index contributed by atoms with van der Waals surface area (Å²) in [5, 5.41) is 8.14. The average Bonchev–Trinajstić information content (AvgIpc) is 3.01. The van der Waals surface area contributed by atoms with Gasteiger partial charge >= 0.3 is 0 Å². The molecule has 0 spiro atoms. The SMILES string of the molecule is CCOC(OCC)c1cn(Cc2cncs2)nn1. The van der Waals surface area contributed by atoms with Crippen LogP contribution in [0.25, 0.3) is 0 Å². The highest BCUT2D eigenvalue weighted by atomic mass is 32.1. The molecule has 0 aliphatic heterocycles. The molecule has 7 heteroatoms. The Kier molecular flexibility index (Phi) is 4.80. The molecule has 0 N–H and O–H groups in total. The van der Waals surface area contributed by atoms with E-state index in [2.05, 4.69) is 15.3 Å². The Morgan fingerprint density at radius 1 is 1.33 bits per heavy atom. The van der Waals surface area contributed by atoms with Gasteiger partial charge in [-0.3, -0.25) is 4.98 Å². The lowest BCUT2D eigenvalue weighted by atomic mass is 10.4. The smallest absolute Gasteiger partial charge is 0.204 e. The minimum absolute atomic E-state index is 0.435. The molecule has 0 radical (unpaired) electrons. The summed E-state index contributed by atoms with van der Waals surface area (Å²) in [6, 6.07) is 0. The second-order valence-electron chi connectivity index (χ2n) is 3.55. The van der Waals surface area contributed by atoms with E-state index in [0.717, 1.165) is 4.88 Å². The molecular weight excluding hydrogens is 252 g/mol. The van der Waals surface area contributed by atoms with Crippen molar-refractivity contribution in [1.29, 1.82) is 0 Å². The zero-order valence-electron chi connectivity index (χ0n) is 10.4. The fourth-order valence-corrected chi connectivity index (χ4v) is 2.09. The van der Waals surface area contributed by atoms with Crippen LogP contribution in [0.5, 0.6) is 0 Å². The number of thiazole rings is 1. The van der Waals surface area contributed by atoms with Crippen molar-refractivity contribution < 1.29 is 9.47 Å². The molecule has 0 atom stereocenters. The van der Waals surface area contributed by atoms with Crippen LogP contribution in [0.15, 0.2) is 17.9 Å². The molecule has 0 fully saturated rings. The van der Waals surface area contributed by atoms with E-state index in [9.17, 15) is 0 Å². The molecule has 0 aromatic carbocycles. The molecule has 0 aliphatic rings. The van der Waals surface area contributed by atoms with Gasteiger partial charge in [-0.15, -0.1) is 16.4 Å². The van der Waals surface area contributed by atoms with Crippen LogP contribution in [0.3, 0.4) is 0 Å². The highest BCUT2D eigenvalue weighted by molar-refractivity contribution is 7.09. The van der Waals surface area contributed by atoms with Crippen molar-refractivity contribution in [2.75, 3.05) is 13.2 Å². The third-order valence-corrected chi connectivity index (χ3v) is 3.00. The van der Waals surface area contributed by atoms with Crippen molar-refractivity contribution in [3.05, 3.63) is 28.5 Å². The highest BCUT2D eigenvalue weighted by Gasteiger charge is 2.15. The average molecular weight is 268 g/mol. The maximum Gasteiger partial charge on any atom is 0.204 e. The van der Waals surface area contributed by atoms with Gasteiger partial charge in [-0.1, -0.05) is 5.21 Å². The molecule has 98 valence electrons. The zero-order valence-corrected chi connectivity index (χ0v) is 11.3. The van der Waals surface area contributed by atoms with Crippen LogP contribution in [0.1, 0.15) is 30.7 Å². The Bertz CT molecular complexity index is 451. The first-order valence-electron chi connectivity index (χ1n) is 5.84. The maximum atomic E-state index is 5.47. The zero-order chi connectivity index (χ0) is 12.8. The summed E-state index contributed by atoms with van der Waals surface area (Å²) in [4.78, 5) is 5.16. The standard InChI is InChI=1S/C11H16N4O2S/c1-3-16-11(17-4-2)10-7-15(14-13-10)6-9-5-12-8-18-9/h5,7-8,11H,3-4,6H2,1-2H3. The summed E-state index contributed by atoms with van der Waals surface area (Å²) in [6.45, 7) is 5.67. The summed E-state index contributed by atoms with van der Waals surface area (Å²) >= 11 is 1.59. The van der Waals surface area contributed by atoms with Crippen molar-refractivity contribution in [3.8, 4) is 0 Å². The van der Waals surface area contributed by atoms with Crippen LogP contribution >= 0.6 is 11.3 Å². The van der Waals surface area contributed by atoms with E-state index in [1.807, 2.05) is 26.2 Å². The minimum Gasteiger partial charge on any atom is -0.347 e. The lowest BCUT2D eigenvalue weighted by Crippen LogP contribution is -2.09. The van der Waals surface area contributed by atoms with Gasteiger partial charge in [0, 0.05) is 24.3 Å². The van der Waals surface area contributed by atoms with Gasteiger partial charge in [0.25, 0.3) is 0 Å². The summed E-state index contributed by atoms with van der Waals surface area (Å²) in [5.74, 6) is 0. The first kappa shape index (κ1) is 13.1. The maximum absolute atomic E-state index is 5.47. The van der Waals surface area contributed by atoms with E-state index < -0.39 is 6.29 Å². The Morgan fingerprint density at radius 2 is 2.11 bits per heavy atom. The Hall–Kier alpha value is -1.31. The Labute approximate surface area is 110 Å². The summed E-state index contributed by atoms with van der Waals surface area (Å²) in [5.41, 5.74) is 2.50. The van der Waals surface area contributed by atoms with Crippen LogP contribution in [0, 0.1) is 0 Å². The number of rotatable bonds is 7. The molecule has 18 heavy (non-hydrogen) atoms. The minimum atomic E-state index is -0.435. The monoisotopic (exact) mass is 268 g/mol. The van der Waals surface area contributed by atoms with Gasteiger partial charge in [0.2, 0.25) is 6.29 Å². The highest BCUT2D eigenvalue weighted by Crippen LogP contribution is 2.16. The molecule has 0 aliphatic carbocycles. The molecule has 0 bridgehead atoms. The lowest BCUT2D eigenvalue weighted by molar-refractivity contribution is -0.142. The fourth-order valence-electron chi connectivity index (χ4n) is 1.50.